The van der Waals surface area contributed by atoms with Gasteiger partial charge in [-0.1, -0.05) is 109 Å². The van der Waals surface area contributed by atoms with E-state index in [1.807, 2.05) is 0 Å². The van der Waals surface area contributed by atoms with Crippen molar-refractivity contribution in [3.05, 3.63) is 182 Å². The molecular weight excluding hydrogens is 638 g/mol. The van der Waals surface area contributed by atoms with Crippen LogP contribution in [0.15, 0.2) is 182 Å². The van der Waals surface area contributed by atoms with Gasteiger partial charge in [-0.05, 0) is 72.8 Å². The van der Waals surface area contributed by atoms with Crippen LogP contribution in [0.25, 0.3) is 0 Å². The first-order valence-electron chi connectivity index (χ1n) is 15.0. The van der Waals surface area contributed by atoms with Crippen LogP contribution in [0.4, 0.5) is 0 Å². The van der Waals surface area contributed by atoms with E-state index in [0.717, 1.165) is 12.3 Å². The van der Waals surface area contributed by atoms with Crippen LogP contribution in [0, 0.1) is 0 Å². The summed E-state index contributed by atoms with van der Waals surface area (Å²) >= 11 is 0. The maximum atomic E-state index is 6.73. The molecule has 0 heterocycles. The van der Waals surface area contributed by atoms with E-state index in [1.54, 1.807) is 0 Å². The maximum Gasteiger partial charge on any atom is 0.114 e. The fourth-order valence-corrected chi connectivity index (χ4v) is 14.5. The number of hydrogen-bond donors (Lipinski definition) is 0. The van der Waals surface area contributed by atoms with Crippen LogP contribution in [0.3, 0.4) is 0 Å². The molecule has 6 rings (SSSR count). The summed E-state index contributed by atoms with van der Waals surface area (Å²) in [5.74, 6) is 0. The molecule has 0 aliphatic carbocycles. The van der Waals surface area contributed by atoms with Crippen molar-refractivity contribution < 1.29 is 21.7 Å². The standard InChI is InChI=1S/C40H38OP2.BrH/c1-7-19-35(20-8-1)42(36-21-9-2-10-22-36,37-23-11-3-12-24-37)33-31-41-32-34-43(38-25-13-4-14-26-38,39-27-15-5-16-28-39)40-29-17-6-18-30-40;/h1-30H,31-34H2;1H/q+2;/p-1. The first-order valence-corrected chi connectivity index (χ1v) is 19.0. The molecule has 0 spiro atoms. The van der Waals surface area contributed by atoms with E-state index < -0.39 is 14.5 Å². The lowest BCUT2D eigenvalue weighted by atomic mass is 10.4. The lowest BCUT2D eigenvalue weighted by molar-refractivity contribution is -0.00000896. The van der Waals surface area contributed by atoms with Crippen LogP contribution in [0.2, 0.25) is 0 Å². The second-order valence-corrected chi connectivity index (χ2v) is 17.9. The zero-order valence-corrected chi connectivity index (χ0v) is 28.2. The Balaban J connectivity index is 0.00000384. The highest BCUT2D eigenvalue weighted by atomic mass is 79.9. The summed E-state index contributed by atoms with van der Waals surface area (Å²) in [4.78, 5) is 0. The number of benzene rings is 6. The third kappa shape index (κ3) is 6.66. The Morgan fingerprint density at radius 1 is 0.295 bits per heavy atom. The van der Waals surface area contributed by atoms with E-state index >= 15 is 0 Å². The van der Waals surface area contributed by atoms with Crippen LogP contribution in [0.5, 0.6) is 0 Å². The summed E-state index contributed by atoms with van der Waals surface area (Å²) in [5, 5.41) is 8.39. The maximum absolute atomic E-state index is 6.73. The first kappa shape index (κ1) is 32.0. The molecule has 220 valence electrons. The van der Waals surface area contributed by atoms with Crippen molar-refractivity contribution in [3.63, 3.8) is 0 Å². The van der Waals surface area contributed by atoms with Crippen molar-refractivity contribution in [1.29, 1.82) is 0 Å². The molecule has 0 unspecified atom stereocenters. The number of hydrogen-bond acceptors (Lipinski definition) is 1. The molecule has 0 aliphatic rings. The Morgan fingerprint density at radius 3 is 0.659 bits per heavy atom. The molecule has 0 aliphatic heterocycles. The lowest BCUT2D eigenvalue weighted by Crippen LogP contribution is -3.00. The van der Waals surface area contributed by atoms with Crippen molar-refractivity contribution in [2.45, 2.75) is 0 Å². The van der Waals surface area contributed by atoms with Crippen molar-refractivity contribution in [1.82, 2.24) is 0 Å². The van der Waals surface area contributed by atoms with Gasteiger partial charge >= 0.3 is 0 Å². The molecule has 0 fully saturated rings. The Hall–Kier alpha value is -3.38. The van der Waals surface area contributed by atoms with Gasteiger partial charge in [0.1, 0.15) is 46.4 Å². The molecule has 0 aromatic heterocycles. The largest absolute Gasteiger partial charge is 1.00 e. The van der Waals surface area contributed by atoms with Gasteiger partial charge in [0, 0.05) is 0 Å². The first-order chi connectivity index (χ1) is 21.3. The Kier molecular flexibility index (Phi) is 11.3. The minimum absolute atomic E-state index is 0. The number of rotatable bonds is 12. The summed E-state index contributed by atoms with van der Waals surface area (Å²) < 4.78 is 6.73. The molecule has 0 radical (unpaired) electrons. The highest BCUT2D eigenvalue weighted by Crippen LogP contribution is 2.56. The smallest absolute Gasteiger partial charge is 0.114 e. The summed E-state index contributed by atoms with van der Waals surface area (Å²) in [6, 6.07) is 66.5. The normalized spacial score (nSPS) is 11.5. The summed E-state index contributed by atoms with van der Waals surface area (Å²) in [5.41, 5.74) is 0. The molecule has 6 aromatic rings. The quantitative estimate of drug-likeness (QED) is 0.141. The monoisotopic (exact) mass is 675 g/mol. The Morgan fingerprint density at radius 2 is 0.477 bits per heavy atom. The highest BCUT2D eigenvalue weighted by Gasteiger charge is 2.46. The molecule has 0 atom stereocenters. The third-order valence-corrected chi connectivity index (χ3v) is 17.1. The average Bonchev–Trinajstić information content (AvgIpc) is 3.11. The summed E-state index contributed by atoms with van der Waals surface area (Å²) in [7, 11) is -3.85. The Bertz CT molecular complexity index is 1350. The molecule has 6 aromatic carbocycles. The molecule has 44 heavy (non-hydrogen) atoms. The predicted molar refractivity (Wildman–Crippen MR) is 191 cm³/mol. The fourth-order valence-electron chi connectivity index (χ4n) is 6.27. The molecule has 0 amide bonds. The average molecular weight is 677 g/mol. The minimum Gasteiger partial charge on any atom is -1.00 e. The van der Waals surface area contributed by atoms with Gasteiger partial charge < -0.3 is 21.7 Å². The van der Waals surface area contributed by atoms with Crippen LogP contribution in [-0.4, -0.2) is 25.5 Å². The van der Waals surface area contributed by atoms with Crippen LogP contribution in [-0.2, 0) is 4.74 Å². The number of ether oxygens (including phenoxy) is 1. The van der Waals surface area contributed by atoms with E-state index in [9.17, 15) is 0 Å². The molecule has 0 bridgehead atoms. The third-order valence-electron chi connectivity index (χ3n) is 8.32. The van der Waals surface area contributed by atoms with E-state index in [-0.39, 0.29) is 17.0 Å². The van der Waals surface area contributed by atoms with E-state index in [2.05, 4.69) is 182 Å². The van der Waals surface area contributed by atoms with E-state index in [4.69, 9.17) is 4.74 Å². The second-order valence-electron chi connectivity index (χ2n) is 10.7. The topological polar surface area (TPSA) is 9.23 Å². The highest BCUT2D eigenvalue weighted by molar-refractivity contribution is 7.96. The lowest BCUT2D eigenvalue weighted by Gasteiger charge is -2.29. The molecular formula is C40H38BrOP2+. The van der Waals surface area contributed by atoms with Gasteiger partial charge in [-0.15, -0.1) is 0 Å². The van der Waals surface area contributed by atoms with Gasteiger partial charge in [0.25, 0.3) is 0 Å². The predicted octanol–water partition coefficient (Wildman–Crippen LogP) is 4.00. The summed E-state index contributed by atoms with van der Waals surface area (Å²) in [6.07, 6.45) is 1.91. The van der Waals surface area contributed by atoms with Gasteiger partial charge in [-0.25, -0.2) is 0 Å². The van der Waals surface area contributed by atoms with Crippen LogP contribution >= 0.6 is 14.5 Å². The minimum atomic E-state index is -1.92. The fraction of sp³-hybridized carbons (Fsp3) is 0.100. The molecule has 1 nitrogen and oxygen atoms in total. The number of halogens is 1. The van der Waals surface area contributed by atoms with Gasteiger partial charge in [0.05, 0.1) is 25.5 Å². The SMILES string of the molecule is [Br-].c1ccc([P+](CCOCC[P+](c2ccccc2)(c2ccccc2)c2ccccc2)(c2ccccc2)c2ccccc2)cc1. The van der Waals surface area contributed by atoms with Gasteiger partial charge in [0.15, 0.2) is 0 Å². The zero-order chi connectivity index (χ0) is 29.2. The zero-order valence-electron chi connectivity index (χ0n) is 24.8. The summed E-state index contributed by atoms with van der Waals surface area (Å²) in [6.45, 7) is 1.40. The molecule has 0 saturated carbocycles. The van der Waals surface area contributed by atoms with Crippen molar-refractivity contribution in [2.75, 3.05) is 25.5 Å². The molecule has 0 N–H and O–H groups in total. The van der Waals surface area contributed by atoms with Crippen LogP contribution in [0.1, 0.15) is 0 Å². The van der Waals surface area contributed by atoms with Gasteiger partial charge in [-0.2, -0.15) is 0 Å². The van der Waals surface area contributed by atoms with Crippen molar-refractivity contribution in [2.24, 2.45) is 0 Å². The van der Waals surface area contributed by atoms with E-state index in [1.165, 1.54) is 31.8 Å². The molecule has 0 saturated heterocycles. The van der Waals surface area contributed by atoms with E-state index in [0.29, 0.717) is 13.2 Å². The van der Waals surface area contributed by atoms with Gasteiger partial charge in [-0.3, -0.25) is 0 Å². The van der Waals surface area contributed by atoms with Crippen molar-refractivity contribution in [3.8, 4) is 0 Å². The van der Waals surface area contributed by atoms with Crippen molar-refractivity contribution >= 4 is 46.4 Å². The molecule has 4 heteroatoms. The second kappa shape index (κ2) is 15.6. The Labute approximate surface area is 274 Å². The van der Waals surface area contributed by atoms with Gasteiger partial charge in [0.2, 0.25) is 0 Å². The van der Waals surface area contributed by atoms with Crippen LogP contribution < -0.4 is 48.8 Å².